The Hall–Kier alpha value is -2.81. The van der Waals surface area contributed by atoms with Gasteiger partial charge in [0.25, 0.3) is 5.56 Å². The molecule has 1 aromatic carbocycles. The molecule has 9 nitrogen and oxygen atoms in total. The number of amidine groups is 1. The van der Waals surface area contributed by atoms with Crippen LogP contribution in [-0.2, 0) is 0 Å². The Kier molecular flexibility index (Phi) is 6.04. The summed E-state index contributed by atoms with van der Waals surface area (Å²) in [5.41, 5.74) is 1.18. The Morgan fingerprint density at radius 2 is 1.87 bits per heavy atom. The van der Waals surface area contributed by atoms with Crippen LogP contribution in [0.3, 0.4) is 0 Å². The fourth-order valence-electron chi connectivity index (χ4n) is 4.74. The first-order chi connectivity index (χ1) is 14.9. The fourth-order valence-corrected chi connectivity index (χ4v) is 4.74. The van der Waals surface area contributed by atoms with Crippen molar-refractivity contribution < 1.29 is 9.47 Å². The molecule has 2 aliphatic rings. The lowest BCUT2D eigenvalue weighted by Gasteiger charge is -2.41. The van der Waals surface area contributed by atoms with E-state index in [9.17, 15) is 4.79 Å². The van der Waals surface area contributed by atoms with Crippen molar-refractivity contribution in [3.63, 3.8) is 0 Å². The van der Waals surface area contributed by atoms with Crippen LogP contribution in [0.1, 0.15) is 19.4 Å². The number of nitrogens with one attached hydrogen (secondary N) is 2. The predicted octanol–water partition coefficient (Wildman–Crippen LogP) is 1.40. The molecule has 0 bridgehead atoms. The number of fused-ring (bicyclic) bond motifs is 1. The van der Waals surface area contributed by atoms with Gasteiger partial charge in [-0.1, -0.05) is 13.8 Å². The molecule has 0 saturated carbocycles. The molecule has 3 heterocycles. The molecule has 168 valence electrons. The van der Waals surface area contributed by atoms with Crippen molar-refractivity contribution in [3.05, 3.63) is 22.0 Å². The molecule has 1 saturated heterocycles. The van der Waals surface area contributed by atoms with Gasteiger partial charge in [-0.3, -0.25) is 14.7 Å². The zero-order valence-corrected chi connectivity index (χ0v) is 19.0. The van der Waals surface area contributed by atoms with Crippen LogP contribution in [-0.4, -0.2) is 80.2 Å². The molecule has 1 fully saturated rings. The minimum Gasteiger partial charge on any atom is -0.493 e. The van der Waals surface area contributed by atoms with E-state index in [1.165, 1.54) is 0 Å². The summed E-state index contributed by atoms with van der Waals surface area (Å²) in [6.07, 6.45) is 0. The predicted molar refractivity (Wildman–Crippen MR) is 123 cm³/mol. The quantitative estimate of drug-likeness (QED) is 0.718. The first-order valence-corrected chi connectivity index (χ1v) is 10.9. The van der Waals surface area contributed by atoms with E-state index in [1.54, 1.807) is 14.2 Å². The number of rotatable bonds is 6. The van der Waals surface area contributed by atoms with Gasteiger partial charge in [0.05, 0.1) is 37.7 Å². The maximum Gasteiger partial charge on any atom is 0.282 e. The van der Waals surface area contributed by atoms with Crippen molar-refractivity contribution in [1.29, 1.82) is 0 Å². The minimum absolute atomic E-state index is 0.255. The first kappa shape index (κ1) is 21.4. The van der Waals surface area contributed by atoms with Gasteiger partial charge >= 0.3 is 0 Å². The summed E-state index contributed by atoms with van der Waals surface area (Å²) in [7, 11) is 3.17. The number of nitrogens with zero attached hydrogens (tertiary/aromatic N) is 4. The SMILES string of the molecule is COc1cc2[nH]c(N3CCN(C(C4=NCCN4)C(C)C)CC3)nc(=O)c2c(C)c1OC. The van der Waals surface area contributed by atoms with Crippen LogP contribution in [0, 0.1) is 12.8 Å². The molecule has 2 aliphatic heterocycles. The summed E-state index contributed by atoms with van der Waals surface area (Å²) >= 11 is 0. The number of aryl methyl sites for hydroxylation is 1. The van der Waals surface area contributed by atoms with E-state index in [4.69, 9.17) is 9.47 Å². The lowest BCUT2D eigenvalue weighted by atomic mass is 10.0. The van der Waals surface area contributed by atoms with Crippen LogP contribution in [0.5, 0.6) is 11.5 Å². The van der Waals surface area contributed by atoms with Crippen molar-refractivity contribution in [3.8, 4) is 11.5 Å². The van der Waals surface area contributed by atoms with Gasteiger partial charge in [-0.2, -0.15) is 4.98 Å². The van der Waals surface area contributed by atoms with Crippen molar-refractivity contribution in [1.82, 2.24) is 20.2 Å². The van der Waals surface area contributed by atoms with Gasteiger partial charge in [0.15, 0.2) is 11.5 Å². The largest absolute Gasteiger partial charge is 0.493 e. The number of anilines is 1. The normalized spacial score (nSPS) is 18.3. The highest BCUT2D eigenvalue weighted by Gasteiger charge is 2.31. The van der Waals surface area contributed by atoms with Crippen LogP contribution in [0.2, 0.25) is 0 Å². The number of aliphatic imine (C=N–C) groups is 1. The molecule has 31 heavy (non-hydrogen) atoms. The van der Waals surface area contributed by atoms with E-state index < -0.39 is 0 Å². The number of H-pyrrole nitrogens is 1. The van der Waals surface area contributed by atoms with Crippen molar-refractivity contribution >= 4 is 22.7 Å². The summed E-state index contributed by atoms with van der Waals surface area (Å²) < 4.78 is 10.9. The average molecular weight is 429 g/mol. The zero-order chi connectivity index (χ0) is 22.1. The van der Waals surface area contributed by atoms with E-state index in [0.717, 1.165) is 50.7 Å². The van der Waals surface area contributed by atoms with Gasteiger partial charge in [0.2, 0.25) is 5.95 Å². The number of benzene rings is 1. The van der Waals surface area contributed by atoms with Crippen LogP contribution in [0.15, 0.2) is 15.9 Å². The maximum atomic E-state index is 12.9. The molecule has 1 aromatic heterocycles. The second-order valence-electron chi connectivity index (χ2n) is 8.43. The molecule has 0 aliphatic carbocycles. The van der Waals surface area contributed by atoms with Gasteiger partial charge in [0.1, 0.15) is 5.84 Å². The molecule has 1 unspecified atom stereocenters. The van der Waals surface area contributed by atoms with E-state index in [1.807, 2.05) is 13.0 Å². The van der Waals surface area contributed by atoms with Gasteiger partial charge in [-0.05, 0) is 12.8 Å². The number of aromatic nitrogens is 2. The first-order valence-electron chi connectivity index (χ1n) is 10.9. The highest BCUT2D eigenvalue weighted by atomic mass is 16.5. The topological polar surface area (TPSA) is 95.1 Å². The zero-order valence-electron chi connectivity index (χ0n) is 19.0. The molecular formula is C22H32N6O3. The summed E-state index contributed by atoms with van der Waals surface area (Å²) in [6.45, 7) is 11.5. The van der Waals surface area contributed by atoms with Gasteiger partial charge in [-0.25, -0.2) is 0 Å². The Bertz CT molecular complexity index is 1040. The van der Waals surface area contributed by atoms with E-state index in [0.29, 0.717) is 40.3 Å². The molecule has 4 rings (SSSR count). The van der Waals surface area contributed by atoms with E-state index in [-0.39, 0.29) is 5.56 Å². The number of piperazine rings is 1. The monoisotopic (exact) mass is 428 g/mol. The maximum absolute atomic E-state index is 12.9. The Balaban J connectivity index is 1.58. The standard InChI is InChI=1S/C22H32N6O3/c1-13(2)18(20-23-6-7-24-20)27-8-10-28(11-9-27)22-25-15-12-16(30-4)19(31-5)14(3)17(15)21(29)26-22/h12-13,18H,6-11H2,1-5H3,(H,23,24)(H,25,26,29). The van der Waals surface area contributed by atoms with E-state index >= 15 is 0 Å². The third-order valence-corrected chi connectivity index (χ3v) is 6.19. The Morgan fingerprint density at radius 3 is 2.45 bits per heavy atom. The summed E-state index contributed by atoms with van der Waals surface area (Å²) in [6, 6.07) is 2.11. The van der Waals surface area contributed by atoms with Crippen LogP contribution in [0.4, 0.5) is 5.95 Å². The molecule has 0 amide bonds. The van der Waals surface area contributed by atoms with Gasteiger partial charge in [0, 0.05) is 44.4 Å². The average Bonchev–Trinajstić information content (AvgIpc) is 3.27. The second kappa shape index (κ2) is 8.74. The third kappa shape index (κ3) is 3.94. The van der Waals surface area contributed by atoms with E-state index in [2.05, 4.69) is 43.9 Å². The number of hydrogen-bond acceptors (Lipinski definition) is 8. The summed E-state index contributed by atoms with van der Waals surface area (Å²) in [5, 5.41) is 3.98. The van der Waals surface area contributed by atoms with Crippen molar-refractivity contribution in [2.45, 2.75) is 26.8 Å². The molecule has 9 heteroatoms. The molecule has 2 N–H and O–H groups in total. The van der Waals surface area contributed by atoms with Gasteiger partial charge in [-0.15, -0.1) is 0 Å². The van der Waals surface area contributed by atoms with Crippen LogP contribution in [0.25, 0.3) is 10.9 Å². The molecular weight excluding hydrogens is 396 g/mol. The minimum atomic E-state index is -0.255. The highest BCUT2D eigenvalue weighted by Crippen LogP contribution is 2.35. The molecule has 0 spiro atoms. The molecule has 1 atom stereocenters. The lowest BCUT2D eigenvalue weighted by molar-refractivity contribution is 0.190. The smallest absolute Gasteiger partial charge is 0.282 e. The van der Waals surface area contributed by atoms with Crippen LogP contribution >= 0.6 is 0 Å². The molecule has 0 radical (unpaired) electrons. The Labute approximate surface area is 182 Å². The second-order valence-corrected chi connectivity index (χ2v) is 8.43. The van der Waals surface area contributed by atoms with Crippen LogP contribution < -0.4 is 25.2 Å². The third-order valence-electron chi connectivity index (χ3n) is 6.19. The number of hydrogen-bond donors (Lipinski definition) is 2. The van der Waals surface area contributed by atoms with Crippen molar-refractivity contribution in [2.75, 3.05) is 58.4 Å². The Morgan fingerprint density at radius 1 is 1.13 bits per heavy atom. The summed E-state index contributed by atoms with van der Waals surface area (Å²) in [5.74, 6) is 3.33. The number of ether oxygens (including phenoxy) is 2. The fraction of sp³-hybridized carbons (Fsp3) is 0.591. The number of aromatic amines is 1. The lowest BCUT2D eigenvalue weighted by Crippen LogP contribution is -2.56. The highest BCUT2D eigenvalue weighted by molar-refractivity contribution is 5.89. The molecule has 2 aromatic rings. The summed E-state index contributed by atoms with van der Waals surface area (Å²) in [4.78, 5) is 29.9. The van der Waals surface area contributed by atoms with Crippen molar-refractivity contribution in [2.24, 2.45) is 10.9 Å². The van der Waals surface area contributed by atoms with Gasteiger partial charge < -0.3 is 24.7 Å². The number of methoxy groups -OCH3 is 2.